The Morgan fingerprint density at radius 2 is 1.46 bits per heavy atom. The van der Waals surface area contributed by atoms with Crippen molar-refractivity contribution in [3.8, 4) is 0 Å². The Bertz CT molecular complexity index is 1340. The number of H-pyrrole nitrogens is 1. The van der Waals surface area contributed by atoms with E-state index in [1.165, 1.54) is 0 Å². The van der Waals surface area contributed by atoms with Crippen molar-refractivity contribution in [3.63, 3.8) is 0 Å². The number of benzene rings is 2. The summed E-state index contributed by atoms with van der Waals surface area (Å²) < 4.78 is 0. The summed E-state index contributed by atoms with van der Waals surface area (Å²) in [4.78, 5) is 55.2. The zero-order valence-electron chi connectivity index (χ0n) is 24.0. The summed E-state index contributed by atoms with van der Waals surface area (Å²) in [6, 6.07) is 12.5. The van der Waals surface area contributed by atoms with Crippen LogP contribution in [0.15, 0.2) is 60.8 Å². The molecule has 10 heteroatoms. The standard InChI is InChI=1S/C31H41N5O5/c1-5-19(4)26(32)29(38)36-27(18(2)3)30(39)34-24(16-21-17-33-23-14-10-9-13-22(21)23)28(37)35-25(31(40)41)15-20-11-7-6-8-12-20/h6-14,17-19,24-27,33H,5,15-16,32H2,1-4H3,(H,34,39)(H,35,37)(H,36,38)(H,40,41). The summed E-state index contributed by atoms with van der Waals surface area (Å²) in [6.07, 6.45) is 2.65. The molecular weight excluding hydrogens is 522 g/mol. The quantitative estimate of drug-likeness (QED) is 0.176. The Balaban J connectivity index is 1.85. The molecule has 7 N–H and O–H groups in total. The number of aromatic amines is 1. The third kappa shape index (κ3) is 8.40. The Hall–Kier alpha value is -4.18. The summed E-state index contributed by atoms with van der Waals surface area (Å²) in [7, 11) is 0. The van der Waals surface area contributed by atoms with E-state index in [-0.39, 0.29) is 24.7 Å². The molecule has 0 saturated carbocycles. The largest absolute Gasteiger partial charge is 0.480 e. The van der Waals surface area contributed by atoms with E-state index in [4.69, 9.17) is 5.73 Å². The van der Waals surface area contributed by atoms with Gasteiger partial charge in [0.1, 0.15) is 18.1 Å². The van der Waals surface area contributed by atoms with Gasteiger partial charge in [0.05, 0.1) is 6.04 Å². The molecule has 5 unspecified atom stereocenters. The second-order valence-electron chi connectivity index (χ2n) is 10.9. The lowest BCUT2D eigenvalue weighted by atomic mass is 9.97. The van der Waals surface area contributed by atoms with E-state index in [1.54, 1.807) is 44.3 Å². The second kappa shape index (κ2) is 14.5. The zero-order chi connectivity index (χ0) is 30.1. The van der Waals surface area contributed by atoms with Gasteiger partial charge in [0.2, 0.25) is 17.7 Å². The molecule has 3 aromatic rings. The highest BCUT2D eigenvalue weighted by Gasteiger charge is 2.33. The van der Waals surface area contributed by atoms with Gasteiger partial charge in [-0.1, -0.05) is 82.6 Å². The number of rotatable bonds is 14. The molecule has 0 spiro atoms. The molecule has 5 atom stereocenters. The highest BCUT2D eigenvalue weighted by Crippen LogP contribution is 2.20. The Labute approximate surface area is 240 Å². The number of hydrogen-bond donors (Lipinski definition) is 6. The van der Waals surface area contributed by atoms with Gasteiger partial charge in [0.25, 0.3) is 0 Å². The number of hydrogen-bond acceptors (Lipinski definition) is 5. The van der Waals surface area contributed by atoms with Crippen molar-refractivity contribution >= 4 is 34.6 Å². The van der Waals surface area contributed by atoms with Crippen molar-refractivity contribution in [2.75, 3.05) is 0 Å². The molecule has 0 fully saturated rings. The summed E-state index contributed by atoms with van der Waals surface area (Å²) in [5.41, 5.74) is 8.48. The molecule has 1 heterocycles. The first-order valence-electron chi connectivity index (χ1n) is 14.0. The molecule has 0 aliphatic heterocycles. The van der Waals surface area contributed by atoms with Crippen LogP contribution < -0.4 is 21.7 Å². The number of aliphatic carboxylic acids is 1. The number of aromatic nitrogens is 1. The Morgan fingerprint density at radius 1 is 0.829 bits per heavy atom. The number of amides is 3. The summed E-state index contributed by atoms with van der Waals surface area (Å²) in [6.45, 7) is 7.37. The van der Waals surface area contributed by atoms with E-state index in [9.17, 15) is 24.3 Å². The smallest absolute Gasteiger partial charge is 0.326 e. The third-order valence-electron chi connectivity index (χ3n) is 7.44. The van der Waals surface area contributed by atoms with Gasteiger partial charge < -0.3 is 31.8 Å². The molecule has 3 rings (SSSR count). The van der Waals surface area contributed by atoms with Gasteiger partial charge in [-0.25, -0.2) is 4.79 Å². The molecular formula is C31H41N5O5. The maximum atomic E-state index is 13.6. The number of carbonyl (C=O) groups excluding carboxylic acids is 3. The van der Waals surface area contributed by atoms with Crippen molar-refractivity contribution in [2.45, 2.75) is 71.1 Å². The van der Waals surface area contributed by atoms with Crippen LogP contribution in [0.3, 0.4) is 0 Å². The van der Waals surface area contributed by atoms with Crippen LogP contribution in [0.2, 0.25) is 0 Å². The highest BCUT2D eigenvalue weighted by molar-refractivity contribution is 5.95. The lowest BCUT2D eigenvalue weighted by Gasteiger charge is -2.28. The van der Waals surface area contributed by atoms with Gasteiger partial charge in [-0.15, -0.1) is 0 Å². The van der Waals surface area contributed by atoms with Crippen molar-refractivity contribution in [1.82, 2.24) is 20.9 Å². The lowest BCUT2D eigenvalue weighted by molar-refractivity contribution is -0.142. The molecule has 220 valence electrons. The van der Waals surface area contributed by atoms with Crippen molar-refractivity contribution in [1.29, 1.82) is 0 Å². The summed E-state index contributed by atoms with van der Waals surface area (Å²) in [5, 5.41) is 18.9. The number of carboxylic acids is 1. The molecule has 0 bridgehead atoms. The van der Waals surface area contributed by atoms with Crippen LogP contribution >= 0.6 is 0 Å². The van der Waals surface area contributed by atoms with Crippen LogP contribution in [0.4, 0.5) is 0 Å². The molecule has 1 aromatic heterocycles. The first kappa shape index (κ1) is 31.3. The molecule has 10 nitrogen and oxygen atoms in total. The average Bonchev–Trinajstić information content (AvgIpc) is 3.37. The van der Waals surface area contributed by atoms with Crippen LogP contribution in [0.25, 0.3) is 10.9 Å². The van der Waals surface area contributed by atoms with Crippen molar-refractivity contribution in [3.05, 3.63) is 71.9 Å². The number of carbonyl (C=O) groups is 4. The van der Waals surface area contributed by atoms with Gasteiger partial charge >= 0.3 is 5.97 Å². The van der Waals surface area contributed by atoms with E-state index in [1.807, 2.05) is 44.2 Å². The summed E-state index contributed by atoms with van der Waals surface area (Å²) >= 11 is 0. The fourth-order valence-corrected chi connectivity index (χ4v) is 4.61. The maximum absolute atomic E-state index is 13.6. The first-order chi connectivity index (χ1) is 19.5. The Kier molecular flexibility index (Phi) is 11.0. The van der Waals surface area contributed by atoms with E-state index in [2.05, 4.69) is 20.9 Å². The SMILES string of the molecule is CCC(C)C(N)C(=O)NC(C(=O)NC(Cc1c[nH]c2ccccc12)C(=O)NC(Cc1ccccc1)C(=O)O)C(C)C. The van der Waals surface area contributed by atoms with Gasteiger partial charge in [0, 0.05) is 29.9 Å². The van der Waals surface area contributed by atoms with Gasteiger partial charge in [0.15, 0.2) is 0 Å². The second-order valence-corrected chi connectivity index (χ2v) is 10.9. The molecule has 0 aliphatic rings. The van der Waals surface area contributed by atoms with Crippen molar-refractivity contribution < 1.29 is 24.3 Å². The van der Waals surface area contributed by atoms with Crippen LogP contribution in [0.1, 0.15) is 45.2 Å². The number of fused-ring (bicyclic) bond motifs is 1. The molecule has 2 aromatic carbocycles. The minimum atomic E-state index is -1.21. The third-order valence-corrected chi connectivity index (χ3v) is 7.44. The van der Waals surface area contributed by atoms with E-state index < -0.39 is 47.9 Å². The normalized spacial score (nSPS) is 15.0. The maximum Gasteiger partial charge on any atom is 0.326 e. The minimum Gasteiger partial charge on any atom is -0.480 e. The van der Waals surface area contributed by atoms with E-state index >= 15 is 0 Å². The van der Waals surface area contributed by atoms with Crippen LogP contribution in [0.5, 0.6) is 0 Å². The highest BCUT2D eigenvalue weighted by atomic mass is 16.4. The molecule has 0 aliphatic carbocycles. The fourth-order valence-electron chi connectivity index (χ4n) is 4.61. The number of nitrogens with two attached hydrogens (primary N) is 1. The Morgan fingerprint density at radius 3 is 2.10 bits per heavy atom. The first-order valence-corrected chi connectivity index (χ1v) is 14.0. The summed E-state index contributed by atoms with van der Waals surface area (Å²) in [5.74, 6) is -3.21. The predicted molar refractivity (Wildman–Crippen MR) is 158 cm³/mol. The van der Waals surface area contributed by atoms with Crippen molar-refractivity contribution in [2.24, 2.45) is 17.6 Å². The van der Waals surface area contributed by atoms with Crippen LogP contribution in [-0.2, 0) is 32.0 Å². The number of carboxylic acid groups (broad SMARTS) is 1. The lowest BCUT2D eigenvalue weighted by Crippen LogP contribution is -2.59. The molecule has 3 amide bonds. The molecule has 0 radical (unpaired) electrons. The molecule has 41 heavy (non-hydrogen) atoms. The van der Waals surface area contributed by atoms with Gasteiger partial charge in [-0.3, -0.25) is 14.4 Å². The monoisotopic (exact) mass is 563 g/mol. The topological polar surface area (TPSA) is 166 Å². The minimum absolute atomic E-state index is 0.0772. The van der Waals surface area contributed by atoms with Crippen LogP contribution in [-0.4, -0.2) is 57.9 Å². The number of para-hydroxylation sites is 1. The van der Waals surface area contributed by atoms with Crippen LogP contribution in [0, 0.1) is 11.8 Å². The molecule has 0 saturated heterocycles. The van der Waals surface area contributed by atoms with Gasteiger partial charge in [-0.05, 0) is 29.0 Å². The predicted octanol–water partition coefficient (Wildman–Crippen LogP) is 2.52. The fraction of sp³-hybridized carbons (Fsp3) is 0.419. The van der Waals surface area contributed by atoms with E-state index in [0.29, 0.717) is 6.42 Å². The number of nitrogens with one attached hydrogen (secondary N) is 4. The van der Waals surface area contributed by atoms with Gasteiger partial charge in [-0.2, -0.15) is 0 Å². The average molecular weight is 564 g/mol. The zero-order valence-corrected chi connectivity index (χ0v) is 24.0. The van der Waals surface area contributed by atoms with E-state index in [0.717, 1.165) is 22.0 Å².